The van der Waals surface area contributed by atoms with Gasteiger partial charge in [0.2, 0.25) is 0 Å². The van der Waals surface area contributed by atoms with Gasteiger partial charge >= 0.3 is 0 Å². The first-order valence-electron chi connectivity index (χ1n) is 6.83. The van der Waals surface area contributed by atoms with E-state index in [2.05, 4.69) is 32.3 Å². The number of nitrogens with zero attached hydrogens (tertiary/aromatic N) is 2. The van der Waals surface area contributed by atoms with Crippen LogP contribution in [-0.4, -0.2) is 12.1 Å². The molecular weight excluding hydrogens is 413 g/mol. The topological polar surface area (TPSA) is 57.9 Å². The van der Waals surface area contributed by atoms with Crippen LogP contribution in [0.3, 0.4) is 0 Å². The van der Waals surface area contributed by atoms with E-state index in [-0.39, 0.29) is 0 Å². The molecule has 120 valence electrons. The van der Waals surface area contributed by atoms with E-state index in [0.717, 1.165) is 9.86 Å². The molecule has 0 aliphatic carbocycles. The summed E-state index contributed by atoms with van der Waals surface area (Å²) in [4.78, 5) is 4.34. The van der Waals surface area contributed by atoms with Crippen molar-refractivity contribution in [2.45, 2.75) is 0 Å². The molecule has 0 amide bonds. The predicted octanol–water partition coefficient (Wildman–Crippen LogP) is 5.93. The third kappa shape index (κ3) is 3.13. The van der Waals surface area contributed by atoms with Crippen LogP contribution < -0.4 is 10.1 Å². The van der Waals surface area contributed by atoms with E-state index >= 15 is 0 Å². The molecule has 0 atom stereocenters. The molecule has 0 aliphatic rings. The minimum absolute atomic E-state index is 0.300. The molecule has 3 rings (SSSR count). The number of para-hydroxylation sites is 1. The zero-order valence-electron chi connectivity index (χ0n) is 12.4. The molecule has 0 saturated heterocycles. The van der Waals surface area contributed by atoms with Crippen LogP contribution in [0.2, 0.25) is 10.0 Å². The monoisotopic (exact) mass is 421 g/mol. The van der Waals surface area contributed by atoms with Crippen molar-refractivity contribution in [1.82, 2.24) is 4.98 Å². The maximum atomic E-state index is 9.23. The molecule has 1 N–H and O–H groups in total. The van der Waals surface area contributed by atoms with Crippen LogP contribution in [0.25, 0.3) is 10.9 Å². The Balaban J connectivity index is 2.17. The SMILES string of the molecule is COc1cc(Nc2cc(C#N)nc3c(Br)cccc23)c(Cl)cc1Cl. The maximum absolute atomic E-state index is 9.23. The number of fused-ring (bicyclic) bond motifs is 1. The first-order valence-corrected chi connectivity index (χ1v) is 8.38. The van der Waals surface area contributed by atoms with E-state index < -0.39 is 0 Å². The van der Waals surface area contributed by atoms with Gasteiger partial charge in [0, 0.05) is 15.9 Å². The van der Waals surface area contributed by atoms with Gasteiger partial charge in [-0.2, -0.15) is 5.26 Å². The second-order valence-electron chi connectivity index (χ2n) is 4.89. The summed E-state index contributed by atoms with van der Waals surface area (Å²) in [5.41, 5.74) is 2.32. The number of methoxy groups -OCH3 is 1. The number of hydrogen-bond acceptors (Lipinski definition) is 4. The molecular formula is C17H10BrCl2N3O. The summed E-state index contributed by atoms with van der Waals surface area (Å²) in [6.07, 6.45) is 0. The fourth-order valence-electron chi connectivity index (χ4n) is 2.30. The summed E-state index contributed by atoms with van der Waals surface area (Å²) >= 11 is 15.8. The van der Waals surface area contributed by atoms with E-state index in [4.69, 9.17) is 27.9 Å². The lowest BCUT2D eigenvalue weighted by Gasteiger charge is -2.14. The van der Waals surface area contributed by atoms with Gasteiger partial charge in [-0.25, -0.2) is 4.98 Å². The average Bonchev–Trinajstić information content (AvgIpc) is 2.57. The molecule has 7 heteroatoms. The van der Waals surface area contributed by atoms with Crippen LogP contribution in [0.5, 0.6) is 5.75 Å². The minimum atomic E-state index is 0.300. The van der Waals surface area contributed by atoms with E-state index in [1.807, 2.05) is 18.2 Å². The van der Waals surface area contributed by atoms with E-state index in [1.54, 1.807) is 18.2 Å². The standard InChI is InChI=1S/C17H10BrCl2N3O/c1-24-16-7-15(12(19)6-13(16)20)23-14-5-9(8-21)22-17-10(14)3-2-4-11(17)18/h2-7H,1H3,(H,22,23). The lowest BCUT2D eigenvalue weighted by Crippen LogP contribution is -1.97. The Hall–Kier alpha value is -2.00. The van der Waals surface area contributed by atoms with Crippen LogP contribution in [0.4, 0.5) is 11.4 Å². The molecule has 0 aliphatic heterocycles. The highest BCUT2D eigenvalue weighted by atomic mass is 79.9. The van der Waals surface area contributed by atoms with Crippen LogP contribution in [0.1, 0.15) is 5.69 Å². The summed E-state index contributed by atoms with van der Waals surface area (Å²) < 4.78 is 6.03. The Bertz CT molecular complexity index is 986. The van der Waals surface area contributed by atoms with Gasteiger partial charge < -0.3 is 10.1 Å². The Morgan fingerprint density at radius 3 is 2.67 bits per heavy atom. The number of anilines is 2. The highest BCUT2D eigenvalue weighted by Crippen LogP contribution is 2.37. The summed E-state index contributed by atoms with van der Waals surface area (Å²) in [5.74, 6) is 0.503. The van der Waals surface area contributed by atoms with Crippen LogP contribution in [-0.2, 0) is 0 Å². The number of nitriles is 1. The van der Waals surface area contributed by atoms with Gasteiger partial charge in [0.15, 0.2) is 0 Å². The highest BCUT2D eigenvalue weighted by molar-refractivity contribution is 9.10. The molecule has 1 heterocycles. The quantitative estimate of drug-likeness (QED) is 0.568. The number of rotatable bonds is 3. The molecule has 0 saturated carbocycles. The number of halogens is 3. The average molecular weight is 423 g/mol. The normalized spacial score (nSPS) is 10.5. The Morgan fingerprint density at radius 2 is 1.96 bits per heavy atom. The maximum Gasteiger partial charge on any atom is 0.143 e. The van der Waals surface area contributed by atoms with Crippen molar-refractivity contribution in [2.24, 2.45) is 0 Å². The number of aromatic nitrogens is 1. The van der Waals surface area contributed by atoms with Crippen molar-refractivity contribution in [2.75, 3.05) is 12.4 Å². The Morgan fingerprint density at radius 1 is 1.17 bits per heavy atom. The Kier molecular flexibility index (Phi) is 4.81. The highest BCUT2D eigenvalue weighted by Gasteiger charge is 2.12. The van der Waals surface area contributed by atoms with Gasteiger partial charge in [0.25, 0.3) is 0 Å². The van der Waals surface area contributed by atoms with Crippen molar-refractivity contribution in [1.29, 1.82) is 5.26 Å². The third-order valence-electron chi connectivity index (χ3n) is 3.42. The number of benzene rings is 2. The summed E-state index contributed by atoms with van der Waals surface area (Å²) in [5, 5.41) is 14.2. The van der Waals surface area contributed by atoms with Crippen LogP contribution in [0, 0.1) is 11.3 Å². The molecule has 0 spiro atoms. The third-order valence-corrected chi connectivity index (χ3v) is 4.66. The zero-order valence-corrected chi connectivity index (χ0v) is 15.5. The van der Waals surface area contributed by atoms with Gasteiger partial charge in [0.1, 0.15) is 17.5 Å². The molecule has 2 aromatic carbocycles. The summed E-state index contributed by atoms with van der Waals surface area (Å²) in [7, 11) is 1.53. The van der Waals surface area contributed by atoms with Crippen molar-refractivity contribution in [3.63, 3.8) is 0 Å². The van der Waals surface area contributed by atoms with E-state index in [9.17, 15) is 5.26 Å². The lowest BCUT2D eigenvalue weighted by molar-refractivity contribution is 0.415. The van der Waals surface area contributed by atoms with Gasteiger partial charge in [0.05, 0.1) is 34.0 Å². The summed E-state index contributed by atoms with van der Waals surface area (Å²) in [6.45, 7) is 0. The first-order chi connectivity index (χ1) is 11.5. The van der Waals surface area contributed by atoms with Crippen molar-refractivity contribution in [3.8, 4) is 11.8 Å². The largest absolute Gasteiger partial charge is 0.495 e. The van der Waals surface area contributed by atoms with Crippen molar-refractivity contribution in [3.05, 3.63) is 56.6 Å². The molecule has 0 bridgehead atoms. The lowest BCUT2D eigenvalue weighted by atomic mass is 10.1. The molecule has 0 unspecified atom stereocenters. The number of pyridine rings is 1. The van der Waals surface area contributed by atoms with Crippen molar-refractivity contribution >= 4 is 61.4 Å². The van der Waals surface area contributed by atoms with Crippen LogP contribution >= 0.6 is 39.1 Å². The van der Waals surface area contributed by atoms with E-state index in [1.165, 1.54) is 7.11 Å². The first kappa shape index (κ1) is 16.8. The number of nitrogens with one attached hydrogen (secondary N) is 1. The second-order valence-corrected chi connectivity index (χ2v) is 6.56. The predicted molar refractivity (Wildman–Crippen MR) is 100 cm³/mol. The molecule has 0 radical (unpaired) electrons. The van der Waals surface area contributed by atoms with Gasteiger partial charge in [-0.15, -0.1) is 0 Å². The van der Waals surface area contributed by atoms with Crippen molar-refractivity contribution < 1.29 is 4.74 Å². The van der Waals surface area contributed by atoms with Gasteiger partial charge in [-0.3, -0.25) is 0 Å². The fraction of sp³-hybridized carbons (Fsp3) is 0.0588. The van der Waals surface area contributed by atoms with Crippen LogP contribution in [0.15, 0.2) is 40.9 Å². The van der Waals surface area contributed by atoms with E-state index in [0.29, 0.717) is 38.4 Å². The molecule has 0 fully saturated rings. The number of ether oxygens (including phenoxy) is 1. The second kappa shape index (κ2) is 6.86. The summed E-state index contributed by atoms with van der Waals surface area (Å²) in [6, 6.07) is 12.7. The molecule has 3 aromatic rings. The Labute approximate surface area is 157 Å². The zero-order chi connectivity index (χ0) is 17.3. The molecule has 1 aromatic heterocycles. The molecule has 24 heavy (non-hydrogen) atoms. The van der Waals surface area contributed by atoms with Gasteiger partial charge in [-0.05, 0) is 34.1 Å². The fourth-order valence-corrected chi connectivity index (χ4v) is 3.26. The molecule has 4 nitrogen and oxygen atoms in total. The minimum Gasteiger partial charge on any atom is -0.495 e. The number of hydrogen-bond donors (Lipinski definition) is 1. The van der Waals surface area contributed by atoms with Gasteiger partial charge in [-0.1, -0.05) is 35.3 Å². The smallest absolute Gasteiger partial charge is 0.143 e.